The molecule has 0 bridgehead atoms. The first-order valence-corrected chi connectivity index (χ1v) is 16.4. The Kier molecular flexibility index (Phi) is 13.2. The summed E-state index contributed by atoms with van der Waals surface area (Å²) < 4.78 is 18.1. The van der Waals surface area contributed by atoms with Crippen LogP contribution in [-0.2, 0) is 35.2 Å². The summed E-state index contributed by atoms with van der Waals surface area (Å²) in [6, 6.07) is 13.3. The lowest BCUT2D eigenvalue weighted by molar-refractivity contribution is 0.405. The van der Waals surface area contributed by atoms with Crippen molar-refractivity contribution in [3.8, 4) is 11.5 Å². The lowest BCUT2D eigenvalue weighted by Gasteiger charge is -2.19. The molecule has 2 aliphatic heterocycles. The highest BCUT2D eigenvalue weighted by atomic mass is 16.6. The molecule has 4 rings (SSSR count). The lowest BCUT2D eigenvalue weighted by Crippen LogP contribution is -2.05. The van der Waals surface area contributed by atoms with Gasteiger partial charge in [0.2, 0.25) is 0 Å². The largest absolute Gasteiger partial charge is 0.457 e. The fourth-order valence-electron chi connectivity index (χ4n) is 5.86. The molecule has 2 aromatic rings. The van der Waals surface area contributed by atoms with Gasteiger partial charge in [0.1, 0.15) is 11.5 Å². The van der Waals surface area contributed by atoms with Crippen molar-refractivity contribution in [2.45, 2.75) is 142 Å². The van der Waals surface area contributed by atoms with Gasteiger partial charge in [0.15, 0.2) is 0 Å². The van der Waals surface area contributed by atoms with E-state index in [1.165, 1.54) is 112 Å². The molecule has 0 spiro atoms. The molecule has 3 nitrogen and oxygen atoms in total. The molecule has 2 fully saturated rings. The van der Waals surface area contributed by atoms with Crippen molar-refractivity contribution in [3.05, 3.63) is 58.7 Å². The maximum absolute atomic E-state index is 6.86. The predicted octanol–water partition coefficient (Wildman–Crippen LogP) is 9.95. The molecule has 2 atom stereocenters. The molecule has 0 amide bonds. The molecule has 0 radical (unpaired) electrons. The van der Waals surface area contributed by atoms with Crippen LogP contribution in [0, 0.1) is 0 Å². The fraction of sp³-hybridized carbons (Fsp3) is 0.667. The average molecular weight is 535 g/mol. The zero-order valence-corrected chi connectivity index (χ0v) is 25.0. The van der Waals surface area contributed by atoms with Crippen molar-refractivity contribution < 1.29 is 14.2 Å². The summed E-state index contributed by atoms with van der Waals surface area (Å²) in [6.07, 6.45) is 23.6. The first kappa shape index (κ1) is 30.1. The minimum atomic E-state index is 0.391. The summed E-state index contributed by atoms with van der Waals surface area (Å²) in [5.74, 6) is 2.11. The van der Waals surface area contributed by atoms with E-state index in [-0.39, 0.29) is 0 Å². The van der Waals surface area contributed by atoms with E-state index in [9.17, 15) is 0 Å². The standard InChI is InChI=1S/C36H54O3/c1-3-5-7-9-11-13-15-21-33-29(25-31-27-37-31)19-17-23-35(33)39-36-24-18-20-30(26-32-28-38-32)34(36)22-16-14-12-10-8-6-4-2/h17-20,23-24,31-32H,3-16,21-22,25-28H2,1-2H3. The van der Waals surface area contributed by atoms with Crippen LogP contribution < -0.4 is 4.74 Å². The molecule has 0 aromatic heterocycles. The second-order valence-electron chi connectivity index (χ2n) is 12.0. The van der Waals surface area contributed by atoms with E-state index in [1.54, 1.807) is 0 Å². The Bertz CT molecular complexity index is 882. The Labute approximate surface area is 239 Å². The molecular formula is C36H54O3. The minimum absolute atomic E-state index is 0.391. The molecule has 3 heteroatoms. The van der Waals surface area contributed by atoms with Crippen LogP contribution in [0.25, 0.3) is 0 Å². The predicted molar refractivity (Wildman–Crippen MR) is 163 cm³/mol. The zero-order chi connectivity index (χ0) is 27.1. The van der Waals surface area contributed by atoms with E-state index in [0.29, 0.717) is 12.2 Å². The molecule has 39 heavy (non-hydrogen) atoms. The normalized spacial score (nSPS) is 17.9. The van der Waals surface area contributed by atoms with Crippen LogP contribution in [0.15, 0.2) is 36.4 Å². The van der Waals surface area contributed by atoms with Crippen LogP contribution in [0.5, 0.6) is 11.5 Å². The summed E-state index contributed by atoms with van der Waals surface area (Å²) in [4.78, 5) is 0. The third kappa shape index (κ3) is 10.9. The van der Waals surface area contributed by atoms with Crippen molar-refractivity contribution in [1.82, 2.24) is 0 Å². The fourth-order valence-corrected chi connectivity index (χ4v) is 5.86. The lowest BCUT2D eigenvalue weighted by atomic mass is 9.95. The summed E-state index contributed by atoms with van der Waals surface area (Å²) in [5.41, 5.74) is 5.63. The van der Waals surface area contributed by atoms with E-state index in [4.69, 9.17) is 14.2 Å². The van der Waals surface area contributed by atoms with E-state index in [1.807, 2.05) is 0 Å². The third-order valence-electron chi connectivity index (χ3n) is 8.44. The molecule has 0 N–H and O–H groups in total. The Morgan fingerprint density at radius 1 is 0.564 bits per heavy atom. The third-order valence-corrected chi connectivity index (χ3v) is 8.44. The van der Waals surface area contributed by atoms with Crippen molar-refractivity contribution in [1.29, 1.82) is 0 Å². The van der Waals surface area contributed by atoms with Gasteiger partial charge in [-0.15, -0.1) is 0 Å². The monoisotopic (exact) mass is 534 g/mol. The van der Waals surface area contributed by atoms with Gasteiger partial charge in [-0.3, -0.25) is 0 Å². The Balaban J connectivity index is 1.44. The van der Waals surface area contributed by atoms with Gasteiger partial charge >= 0.3 is 0 Å². The molecule has 2 unspecified atom stereocenters. The molecule has 216 valence electrons. The van der Waals surface area contributed by atoms with Crippen molar-refractivity contribution >= 4 is 0 Å². The van der Waals surface area contributed by atoms with Gasteiger partial charge < -0.3 is 14.2 Å². The second-order valence-corrected chi connectivity index (χ2v) is 12.0. The van der Waals surface area contributed by atoms with Gasteiger partial charge in [0, 0.05) is 12.8 Å². The average Bonchev–Trinajstić information content (AvgIpc) is 3.88. The summed E-state index contributed by atoms with van der Waals surface area (Å²) in [7, 11) is 0. The summed E-state index contributed by atoms with van der Waals surface area (Å²) >= 11 is 0. The van der Waals surface area contributed by atoms with E-state index >= 15 is 0 Å². The molecule has 2 saturated heterocycles. The van der Waals surface area contributed by atoms with Crippen molar-refractivity contribution in [3.63, 3.8) is 0 Å². The van der Waals surface area contributed by atoms with Gasteiger partial charge in [-0.25, -0.2) is 0 Å². The smallest absolute Gasteiger partial charge is 0.130 e. The zero-order valence-electron chi connectivity index (χ0n) is 25.0. The van der Waals surface area contributed by atoms with Crippen LogP contribution in [0.1, 0.15) is 126 Å². The molecule has 2 aromatic carbocycles. The molecule has 2 heterocycles. The Hall–Kier alpha value is -1.84. The van der Waals surface area contributed by atoms with Gasteiger partial charge in [-0.05, 0) is 60.1 Å². The number of hydrogen-bond acceptors (Lipinski definition) is 3. The second kappa shape index (κ2) is 17.1. The minimum Gasteiger partial charge on any atom is -0.457 e. The van der Waals surface area contributed by atoms with E-state index in [2.05, 4.69) is 50.2 Å². The number of unbranched alkanes of at least 4 members (excludes halogenated alkanes) is 12. The maximum atomic E-state index is 6.86. The molecule has 2 aliphatic rings. The molecular weight excluding hydrogens is 480 g/mol. The van der Waals surface area contributed by atoms with Crippen LogP contribution in [0.4, 0.5) is 0 Å². The van der Waals surface area contributed by atoms with Gasteiger partial charge in [-0.1, -0.05) is 115 Å². The van der Waals surface area contributed by atoms with Gasteiger partial charge in [0.25, 0.3) is 0 Å². The number of benzene rings is 2. The first-order valence-electron chi connectivity index (χ1n) is 16.4. The summed E-state index contributed by atoms with van der Waals surface area (Å²) in [5, 5.41) is 0. The highest BCUT2D eigenvalue weighted by molar-refractivity contribution is 5.48. The number of rotatable bonds is 22. The van der Waals surface area contributed by atoms with Crippen molar-refractivity contribution in [2.24, 2.45) is 0 Å². The molecule has 0 saturated carbocycles. The highest BCUT2D eigenvalue weighted by Crippen LogP contribution is 2.36. The van der Waals surface area contributed by atoms with Crippen LogP contribution in [-0.4, -0.2) is 25.4 Å². The summed E-state index contributed by atoms with van der Waals surface area (Å²) in [6.45, 7) is 6.38. The van der Waals surface area contributed by atoms with Crippen LogP contribution >= 0.6 is 0 Å². The van der Waals surface area contributed by atoms with Crippen molar-refractivity contribution in [2.75, 3.05) is 13.2 Å². The Morgan fingerprint density at radius 2 is 0.949 bits per heavy atom. The SMILES string of the molecule is CCCCCCCCCc1c(CC2CO2)cccc1Oc1cccc(CC2CO2)c1CCCCCCCCC. The molecule has 0 aliphatic carbocycles. The van der Waals surface area contributed by atoms with E-state index in [0.717, 1.165) is 50.4 Å². The van der Waals surface area contributed by atoms with Crippen LogP contribution in [0.2, 0.25) is 0 Å². The van der Waals surface area contributed by atoms with Crippen LogP contribution in [0.3, 0.4) is 0 Å². The van der Waals surface area contributed by atoms with Gasteiger partial charge in [0.05, 0.1) is 25.4 Å². The first-order chi connectivity index (χ1) is 19.3. The Morgan fingerprint density at radius 3 is 1.33 bits per heavy atom. The maximum Gasteiger partial charge on any atom is 0.130 e. The number of hydrogen-bond donors (Lipinski definition) is 0. The number of ether oxygens (including phenoxy) is 3. The number of epoxide rings is 2. The van der Waals surface area contributed by atoms with E-state index < -0.39 is 0 Å². The highest BCUT2D eigenvalue weighted by Gasteiger charge is 2.26. The quantitative estimate of drug-likeness (QED) is 0.111. The topological polar surface area (TPSA) is 34.3 Å². The van der Waals surface area contributed by atoms with Gasteiger partial charge in [-0.2, -0.15) is 0 Å².